The number of hydrogen-bond donors (Lipinski definition) is 4. The summed E-state index contributed by atoms with van der Waals surface area (Å²) in [5.74, 6) is -1.18. The standard InChI is InChI=1S/C30H39N9O7/c1-20(45-30(42)46-25-13-5-4-6-14-25)44-29(41)24-12-8-10-22(16-24)19-34-38-36-26(31)17-27(35-32)37-33-18-21-9-7-11-23(15-21)28(40)39(2)43-3/h7-12,15-16,20,25,32-33H,4-6,13-14,17-19H2,1-3H3,(H2,31,34,36)/b35-32?,37-27-. The van der Waals surface area contributed by atoms with Crippen LogP contribution in [0.1, 0.15) is 77.3 Å². The largest absolute Gasteiger partial charge is 0.511 e. The van der Waals surface area contributed by atoms with E-state index in [1.165, 1.54) is 21.1 Å². The van der Waals surface area contributed by atoms with Crippen LogP contribution >= 0.6 is 0 Å². The van der Waals surface area contributed by atoms with Crippen molar-refractivity contribution in [3.8, 4) is 0 Å². The maximum absolute atomic E-state index is 12.6. The monoisotopic (exact) mass is 637 g/mol. The van der Waals surface area contributed by atoms with Crippen LogP contribution in [0.15, 0.2) is 69.1 Å². The maximum Gasteiger partial charge on any atom is 0.511 e. The van der Waals surface area contributed by atoms with Crippen molar-refractivity contribution in [2.75, 3.05) is 14.2 Å². The Kier molecular flexibility index (Phi) is 14.2. The highest BCUT2D eigenvalue weighted by Gasteiger charge is 2.22. The van der Waals surface area contributed by atoms with Gasteiger partial charge in [-0.15, -0.1) is 10.2 Å². The lowest BCUT2D eigenvalue weighted by Gasteiger charge is -2.22. The Hall–Kier alpha value is -5.25. The van der Waals surface area contributed by atoms with Gasteiger partial charge in [-0.25, -0.2) is 20.2 Å². The fourth-order valence-electron chi connectivity index (χ4n) is 4.35. The first-order valence-electron chi connectivity index (χ1n) is 14.6. The van der Waals surface area contributed by atoms with Crippen LogP contribution in [0.25, 0.3) is 0 Å². The topological polar surface area (TPSA) is 213 Å². The van der Waals surface area contributed by atoms with Crippen LogP contribution in [0.2, 0.25) is 0 Å². The Morgan fingerprint density at radius 2 is 1.63 bits per heavy atom. The second-order valence-electron chi connectivity index (χ2n) is 10.2. The highest BCUT2D eigenvalue weighted by Crippen LogP contribution is 2.21. The average molecular weight is 638 g/mol. The number of rotatable bonds is 14. The summed E-state index contributed by atoms with van der Waals surface area (Å²) in [7, 11) is 2.91. The van der Waals surface area contributed by atoms with E-state index in [1.807, 2.05) is 0 Å². The molecule has 1 aliphatic rings. The molecule has 1 saturated carbocycles. The molecule has 4 N–H and O–H groups in total. The van der Waals surface area contributed by atoms with Gasteiger partial charge in [0.05, 0.1) is 32.2 Å². The lowest BCUT2D eigenvalue weighted by molar-refractivity contribution is -0.0915. The number of nitrogens with zero attached hydrogens (tertiary/aromatic N) is 5. The van der Waals surface area contributed by atoms with Crippen LogP contribution in [-0.2, 0) is 32.1 Å². The molecule has 0 bridgehead atoms. The first-order valence-corrected chi connectivity index (χ1v) is 14.6. The van der Waals surface area contributed by atoms with Gasteiger partial charge in [0.25, 0.3) is 5.91 Å². The summed E-state index contributed by atoms with van der Waals surface area (Å²) in [4.78, 5) is 41.7. The second kappa shape index (κ2) is 18.5. The summed E-state index contributed by atoms with van der Waals surface area (Å²) in [5.41, 5.74) is 14.9. The quantitative estimate of drug-likeness (QED) is 0.0530. The van der Waals surface area contributed by atoms with Crippen molar-refractivity contribution in [1.82, 2.24) is 15.9 Å². The van der Waals surface area contributed by atoms with E-state index in [4.69, 9.17) is 30.0 Å². The van der Waals surface area contributed by atoms with E-state index in [0.717, 1.165) is 42.7 Å². The Balaban J connectivity index is 1.41. The van der Waals surface area contributed by atoms with E-state index in [1.54, 1.807) is 48.5 Å². The van der Waals surface area contributed by atoms with Crippen LogP contribution < -0.4 is 10.9 Å². The lowest BCUT2D eigenvalue weighted by atomic mass is 9.98. The number of esters is 1. The van der Waals surface area contributed by atoms with Crippen LogP contribution in [-0.4, -0.2) is 61.3 Å². The maximum atomic E-state index is 12.6. The van der Waals surface area contributed by atoms with E-state index in [0.29, 0.717) is 11.1 Å². The second-order valence-corrected chi connectivity index (χ2v) is 10.2. The smallest absolute Gasteiger partial charge is 0.431 e. The van der Waals surface area contributed by atoms with E-state index in [-0.39, 0.29) is 48.8 Å². The Labute approximate surface area is 266 Å². The molecule has 3 rings (SSSR count). The first-order chi connectivity index (χ1) is 22.2. The van der Waals surface area contributed by atoms with Gasteiger partial charge in [-0.3, -0.25) is 20.5 Å². The summed E-state index contributed by atoms with van der Waals surface area (Å²) in [6, 6.07) is 13.4. The molecule has 46 heavy (non-hydrogen) atoms. The Morgan fingerprint density at radius 1 is 0.978 bits per heavy atom. The van der Waals surface area contributed by atoms with Crippen molar-refractivity contribution in [3.63, 3.8) is 0 Å². The molecule has 16 heteroatoms. The van der Waals surface area contributed by atoms with Gasteiger partial charge in [0.1, 0.15) is 6.10 Å². The number of amides is 1. The molecule has 2 aromatic carbocycles. The predicted octanol–water partition coefficient (Wildman–Crippen LogP) is 5.27. The van der Waals surface area contributed by atoms with Crippen LogP contribution in [0.5, 0.6) is 0 Å². The minimum Gasteiger partial charge on any atom is -0.431 e. The highest BCUT2D eigenvalue weighted by molar-refractivity contribution is 6.01. The highest BCUT2D eigenvalue weighted by atomic mass is 16.8. The van der Waals surface area contributed by atoms with Crippen molar-refractivity contribution in [3.05, 3.63) is 70.8 Å². The zero-order chi connectivity index (χ0) is 33.3. The molecule has 246 valence electrons. The third-order valence-corrected chi connectivity index (χ3v) is 6.72. The van der Waals surface area contributed by atoms with E-state index < -0.39 is 18.4 Å². The molecule has 0 radical (unpaired) electrons. The summed E-state index contributed by atoms with van der Waals surface area (Å²) < 4.78 is 15.6. The fraction of sp³-hybridized carbons (Fsp3) is 0.433. The molecule has 0 saturated heterocycles. The number of carbonyl (C=O) groups excluding carboxylic acids is 3. The number of hydroxylamine groups is 2. The summed E-state index contributed by atoms with van der Waals surface area (Å²) in [6.07, 6.45) is 2.42. The van der Waals surface area contributed by atoms with Crippen LogP contribution in [0.3, 0.4) is 0 Å². The zero-order valence-corrected chi connectivity index (χ0v) is 26.0. The lowest BCUT2D eigenvalue weighted by Crippen LogP contribution is -2.26. The third kappa shape index (κ3) is 12.0. The third-order valence-electron chi connectivity index (χ3n) is 6.72. The van der Waals surface area contributed by atoms with Gasteiger partial charge < -0.3 is 19.6 Å². The van der Waals surface area contributed by atoms with Gasteiger partial charge in [-0.1, -0.05) is 35.9 Å². The van der Waals surface area contributed by atoms with Gasteiger partial charge in [0, 0.05) is 19.5 Å². The molecule has 0 aromatic heterocycles. The number of hydrogen-bond acceptors (Lipinski definition) is 12. The van der Waals surface area contributed by atoms with Crippen LogP contribution in [0.4, 0.5) is 4.79 Å². The minimum absolute atomic E-state index is 0.00182. The Bertz CT molecular complexity index is 1430. The SMILES string of the molecule is CON(C)C(=O)c1cccc(CN/N=C(/CC(=N)/N=N\NCc2cccc(C(=O)OC(C)OC(=O)OC3CCCCC3)c2)N=N)c1. The zero-order valence-electron chi connectivity index (χ0n) is 26.0. The van der Waals surface area contributed by atoms with Crippen molar-refractivity contribution in [2.45, 2.75) is 70.9 Å². The van der Waals surface area contributed by atoms with Crippen LogP contribution in [0, 0.1) is 10.9 Å². The molecule has 0 aliphatic heterocycles. The number of carbonyl (C=O) groups is 3. The number of ether oxygens (including phenoxy) is 3. The molecule has 0 spiro atoms. The molecule has 1 aliphatic carbocycles. The molecule has 1 fully saturated rings. The van der Waals surface area contributed by atoms with Gasteiger partial charge in [0.2, 0.25) is 6.29 Å². The minimum atomic E-state index is -1.13. The molecule has 2 aromatic rings. The van der Waals surface area contributed by atoms with E-state index in [2.05, 4.69) is 31.4 Å². The molecular formula is C30H39N9O7. The fourth-order valence-corrected chi connectivity index (χ4v) is 4.35. The molecule has 1 atom stereocenters. The number of hydrazone groups is 1. The molecule has 16 nitrogen and oxygen atoms in total. The van der Waals surface area contributed by atoms with E-state index in [9.17, 15) is 14.4 Å². The molecule has 0 heterocycles. The van der Waals surface area contributed by atoms with Gasteiger partial charge in [0.15, 0.2) is 11.7 Å². The summed E-state index contributed by atoms with van der Waals surface area (Å²) >= 11 is 0. The molecule has 1 amide bonds. The number of benzene rings is 2. The Morgan fingerprint density at radius 3 is 2.30 bits per heavy atom. The average Bonchev–Trinajstić information content (AvgIpc) is 3.06. The van der Waals surface area contributed by atoms with Crippen molar-refractivity contribution < 1.29 is 33.4 Å². The summed E-state index contributed by atoms with van der Waals surface area (Å²) in [6.45, 7) is 1.87. The predicted molar refractivity (Wildman–Crippen MR) is 165 cm³/mol. The summed E-state index contributed by atoms with van der Waals surface area (Å²) in [5, 5.41) is 24.0. The number of amidine groups is 2. The van der Waals surface area contributed by atoms with Gasteiger partial charge in [-0.2, -0.15) is 5.10 Å². The van der Waals surface area contributed by atoms with Crippen molar-refractivity contribution >= 4 is 29.7 Å². The van der Waals surface area contributed by atoms with Gasteiger partial charge >= 0.3 is 12.1 Å². The van der Waals surface area contributed by atoms with Crippen molar-refractivity contribution in [2.24, 2.45) is 20.6 Å². The van der Waals surface area contributed by atoms with Gasteiger partial charge in [-0.05, 0) is 61.1 Å². The number of nitrogens with one attached hydrogen (secondary N) is 4. The van der Waals surface area contributed by atoms with E-state index >= 15 is 0 Å². The molecular weight excluding hydrogens is 598 g/mol. The normalized spacial score (nSPS) is 14.2. The molecule has 1 unspecified atom stereocenters. The van der Waals surface area contributed by atoms with Crippen molar-refractivity contribution in [1.29, 1.82) is 10.9 Å². The first kappa shape index (κ1) is 35.2.